The highest BCUT2D eigenvalue weighted by Crippen LogP contribution is 2.24. The van der Waals surface area contributed by atoms with Crippen molar-refractivity contribution in [3.05, 3.63) is 21.3 Å². The third kappa shape index (κ3) is 2.58. The predicted octanol–water partition coefficient (Wildman–Crippen LogP) is 0.989. The maximum atomic E-state index is 12.2. The molecule has 2 heterocycles. The van der Waals surface area contributed by atoms with E-state index in [2.05, 4.69) is 5.16 Å². The Morgan fingerprint density at radius 1 is 1.72 bits per heavy atom. The van der Waals surface area contributed by atoms with Crippen molar-refractivity contribution < 1.29 is 14.7 Å². The molecule has 0 radical (unpaired) electrons. The first kappa shape index (κ1) is 13.1. The molecule has 1 atom stereocenters. The molecule has 1 aromatic heterocycles. The fourth-order valence-electron chi connectivity index (χ4n) is 1.67. The molecule has 0 saturated carbocycles. The van der Waals surface area contributed by atoms with Crippen LogP contribution < -0.4 is 5.73 Å². The molecule has 3 N–H and O–H groups in total. The van der Waals surface area contributed by atoms with Crippen LogP contribution in [0.25, 0.3) is 0 Å². The fraction of sp³-hybridized carbons (Fsp3) is 0.400. The van der Waals surface area contributed by atoms with Crippen LogP contribution in [0.1, 0.15) is 9.67 Å². The first-order valence-corrected chi connectivity index (χ1v) is 6.50. The topological polar surface area (TPSA) is 88.2 Å². The summed E-state index contributed by atoms with van der Waals surface area (Å²) in [6.45, 7) is 1.06. The number of ether oxygens (including phenoxy) is 1. The van der Waals surface area contributed by atoms with E-state index >= 15 is 0 Å². The number of amides is 1. The molecule has 1 aliphatic heterocycles. The minimum atomic E-state index is -0.577. The second-order valence-electron chi connectivity index (χ2n) is 3.73. The number of carbonyl (C=O) groups is 1. The van der Waals surface area contributed by atoms with Crippen LogP contribution >= 0.6 is 22.9 Å². The van der Waals surface area contributed by atoms with Crippen molar-refractivity contribution in [3.63, 3.8) is 0 Å². The van der Waals surface area contributed by atoms with Crippen LogP contribution in [0.5, 0.6) is 0 Å². The summed E-state index contributed by atoms with van der Waals surface area (Å²) in [5, 5.41) is 13.7. The van der Waals surface area contributed by atoms with Crippen molar-refractivity contribution in [1.29, 1.82) is 0 Å². The van der Waals surface area contributed by atoms with Crippen molar-refractivity contribution >= 4 is 34.7 Å². The van der Waals surface area contributed by atoms with Gasteiger partial charge in [0, 0.05) is 6.54 Å². The van der Waals surface area contributed by atoms with Gasteiger partial charge in [0.25, 0.3) is 5.91 Å². The summed E-state index contributed by atoms with van der Waals surface area (Å²) in [4.78, 5) is 14.3. The molecule has 6 nitrogen and oxygen atoms in total. The van der Waals surface area contributed by atoms with E-state index in [0.29, 0.717) is 23.1 Å². The number of thiophene rings is 1. The Labute approximate surface area is 113 Å². The number of halogens is 1. The van der Waals surface area contributed by atoms with E-state index in [1.165, 1.54) is 11.3 Å². The highest BCUT2D eigenvalue weighted by molar-refractivity contribution is 7.12. The Balaban J connectivity index is 2.10. The molecule has 0 aromatic carbocycles. The van der Waals surface area contributed by atoms with Crippen LogP contribution in [0, 0.1) is 0 Å². The minimum absolute atomic E-state index is 0.0372. The summed E-state index contributed by atoms with van der Waals surface area (Å²) in [6.07, 6.45) is -0.577. The van der Waals surface area contributed by atoms with Gasteiger partial charge in [0.2, 0.25) is 0 Å². The van der Waals surface area contributed by atoms with E-state index in [1.807, 2.05) is 0 Å². The van der Waals surface area contributed by atoms with Gasteiger partial charge in [-0.3, -0.25) is 4.79 Å². The molecule has 1 fully saturated rings. The smallest absolute Gasteiger partial charge is 0.265 e. The van der Waals surface area contributed by atoms with Crippen molar-refractivity contribution in [1.82, 2.24) is 4.90 Å². The number of amidine groups is 1. The molecule has 98 valence electrons. The number of nitrogens with zero attached hydrogens (tertiary/aromatic N) is 2. The van der Waals surface area contributed by atoms with Gasteiger partial charge in [0.15, 0.2) is 5.84 Å². The van der Waals surface area contributed by atoms with Gasteiger partial charge in [-0.1, -0.05) is 16.8 Å². The Morgan fingerprint density at radius 2 is 2.50 bits per heavy atom. The Morgan fingerprint density at radius 3 is 3.11 bits per heavy atom. The Kier molecular flexibility index (Phi) is 4.05. The molecule has 1 aliphatic rings. The van der Waals surface area contributed by atoms with Gasteiger partial charge in [-0.25, -0.2) is 0 Å². The lowest BCUT2D eigenvalue weighted by atomic mass is 10.2. The summed E-state index contributed by atoms with van der Waals surface area (Å²) < 4.78 is 5.32. The predicted molar refractivity (Wildman–Crippen MR) is 68.4 cm³/mol. The van der Waals surface area contributed by atoms with Gasteiger partial charge in [-0.2, -0.15) is 0 Å². The molecule has 8 heteroatoms. The number of nitrogens with two attached hydrogens (primary N) is 1. The summed E-state index contributed by atoms with van der Waals surface area (Å²) in [5.41, 5.74) is 5.47. The largest absolute Gasteiger partial charge is 0.409 e. The van der Waals surface area contributed by atoms with E-state index in [-0.39, 0.29) is 18.3 Å². The lowest BCUT2D eigenvalue weighted by molar-refractivity contribution is 0.00700. The van der Waals surface area contributed by atoms with Crippen LogP contribution in [-0.2, 0) is 4.74 Å². The number of hydrogen-bond acceptors (Lipinski definition) is 5. The van der Waals surface area contributed by atoms with E-state index in [4.69, 9.17) is 27.3 Å². The second kappa shape index (κ2) is 5.55. The van der Waals surface area contributed by atoms with E-state index in [0.717, 1.165) is 0 Å². The summed E-state index contributed by atoms with van der Waals surface area (Å²) in [7, 11) is 0. The Hall–Kier alpha value is -1.31. The molecular formula is C10H12ClN3O3S. The SMILES string of the molecule is N/C(=N/O)C1CN(C(=O)c2sccc2Cl)CCO1. The minimum Gasteiger partial charge on any atom is -0.409 e. The van der Waals surface area contributed by atoms with Gasteiger partial charge in [0.1, 0.15) is 11.0 Å². The number of rotatable bonds is 2. The lowest BCUT2D eigenvalue weighted by Crippen LogP contribution is -2.50. The van der Waals surface area contributed by atoms with Gasteiger partial charge >= 0.3 is 0 Å². The van der Waals surface area contributed by atoms with Crippen molar-refractivity contribution in [2.75, 3.05) is 19.7 Å². The molecule has 1 unspecified atom stereocenters. The van der Waals surface area contributed by atoms with Crippen LogP contribution in [-0.4, -0.2) is 47.7 Å². The van der Waals surface area contributed by atoms with Gasteiger partial charge in [-0.05, 0) is 11.4 Å². The zero-order chi connectivity index (χ0) is 13.1. The normalized spacial score (nSPS) is 21.1. The fourth-order valence-corrected chi connectivity index (χ4v) is 2.77. The molecule has 2 rings (SSSR count). The maximum absolute atomic E-state index is 12.2. The first-order valence-electron chi connectivity index (χ1n) is 5.24. The monoisotopic (exact) mass is 289 g/mol. The molecule has 0 spiro atoms. The van der Waals surface area contributed by atoms with Crippen LogP contribution in [0.3, 0.4) is 0 Å². The molecule has 18 heavy (non-hydrogen) atoms. The van der Waals surface area contributed by atoms with Gasteiger partial charge in [-0.15, -0.1) is 11.3 Å². The summed E-state index contributed by atoms with van der Waals surface area (Å²) in [5.74, 6) is -0.196. The summed E-state index contributed by atoms with van der Waals surface area (Å²) in [6, 6.07) is 1.68. The van der Waals surface area contributed by atoms with E-state index in [1.54, 1.807) is 16.3 Å². The second-order valence-corrected chi connectivity index (χ2v) is 5.06. The van der Waals surface area contributed by atoms with Crippen LogP contribution in [0.2, 0.25) is 5.02 Å². The standard InChI is InChI=1S/C10H12ClN3O3S/c11-6-1-4-18-8(6)10(15)14-2-3-17-7(5-14)9(12)13-16/h1,4,7,16H,2-3,5H2,(H2,12,13). The quantitative estimate of drug-likeness (QED) is 0.368. The average Bonchev–Trinajstić information content (AvgIpc) is 2.83. The lowest BCUT2D eigenvalue weighted by Gasteiger charge is -2.32. The Bertz CT molecular complexity index is 477. The number of carbonyl (C=O) groups excluding carboxylic acids is 1. The first-order chi connectivity index (χ1) is 8.63. The molecule has 1 aromatic rings. The molecule has 0 bridgehead atoms. The van der Waals surface area contributed by atoms with Crippen LogP contribution in [0.15, 0.2) is 16.6 Å². The molecule has 1 amide bonds. The van der Waals surface area contributed by atoms with E-state index in [9.17, 15) is 4.79 Å². The molecular weight excluding hydrogens is 278 g/mol. The summed E-state index contributed by atoms with van der Waals surface area (Å²) >= 11 is 7.22. The van der Waals surface area contributed by atoms with Crippen LogP contribution in [0.4, 0.5) is 0 Å². The van der Waals surface area contributed by atoms with Crippen molar-refractivity contribution in [3.8, 4) is 0 Å². The van der Waals surface area contributed by atoms with Crippen molar-refractivity contribution in [2.24, 2.45) is 10.9 Å². The average molecular weight is 290 g/mol. The van der Waals surface area contributed by atoms with Gasteiger partial charge < -0.3 is 20.6 Å². The third-order valence-corrected chi connectivity index (χ3v) is 3.94. The molecule has 1 saturated heterocycles. The number of oxime groups is 1. The van der Waals surface area contributed by atoms with Gasteiger partial charge in [0.05, 0.1) is 18.2 Å². The maximum Gasteiger partial charge on any atom is 0.265 e. The number of hydrogen-bond donors (Lipinski definition) is 2. The third-order valence-electron chi connectivity index (χ3n) is 2.61. The number of morpholine rings is 1. The zero-order valence-corrected chi connectivity index (χ0v) is 10.9. The highest BCUT2D eigenvalue weighted by atomic mass is 35.5. The molecule has 0 aliphatic carbocycles. The van der Waals surface area contributed by atoms with E-state index < -0.39 is 6.10 Å². The zero-order valence-electron chi connectivity index (χ0n) is 9.38. The highest BCUT2D eigenvalue weighted by Gasteiger charge is 2.28. The van der Waals surface area contributed by atoms with Crippen molar-refractivity contribution in [2.45, 2.75) is 6.10 Å².